The van der Waals surface area contributed by atoms with Crippen LogP contribution in [0.4, 0.5) is 5.69 Å². The number of hydrogen-bond donors (Lipinski definition) is 5. The second-order valence-electron chi connectivity index (χ2n) is 4.18. The van der Waals surface area contributed by atoms with Gasteiger partial charge in [0.2, 0.25) is 0 Å². The number of H-pyrrole nitrogens is 1. The van der Waals surface area contributed by atoms with Gasteiger partial charge >= 0.3 is 0 Å². The van der Waals surface area contributed by atoms with Crippen LogP contribution >= 0.6 is 0 Å². The molecule has 6 nitrogen and oxygen atoms in total. The van der Waals surface area contributed by atoms with Crippen LogP contribution in [0.3, 0.4) is 0 Å². The summed E-state index contributed by atoms with van der Waals surface area (Å²) in [7, 11) is 0. The molecule has 3 aromatic rings. The van der Waals surface area contributed by atoms with Crippen LogP contribution in [0.1, 0.15) is 0 Å². The number of nitrogen functional groups attached to an aromatic ring is 1. The van der Waals surface area contributed by atoms with E-state index in [4.69, 9.17) is 5.84 Å². The molecule has 96 valence electrons. The van der Waals surface area contributed by atoms with Gasteiger partial charge in [-0.15, -0.1) is 0 Å². The van der Waals surface area contributed by atoms with Crippen molar-refractivity contribution >= 4 is 16.6 Å². The van der Waals surface area contributed by atoms with Crippen LogP contribution in [0.5, 0.6) is 11.5 Å². The molecule has 0 saturated heterocycles. The normalized spacial score (nSPS) is 10.8. The molecule has 0 saturated carbocycles. The topological polar surface area (TPSA) is 107 Å². The molecule has 0 spiro atoms. The molecular weight excluding hydrogens is 244 g/mol. The monoisotopic (exact) mass is 256 g/mol. The molecule has 1 aromatic heterocycles. The van der Waals surface area contributed by atoms with Gasteiger partial charge in [-0.1, -0.05) is 0 Å². The fraction of sp³-hybridized carbons (Fsp3) is 0. The quantitative estimate of drug-likeness (QED) is 0.356. The zero-order valence-electron chi connectivity index (χ0n) is 9.88. The van der Waals surface area contributed by atoms with Crippen molar-refractivity contribution in [3.05, 3.63) is 36.4 Å². The molecule has 0 aliphatic rings. The largest absolute Gasteiger partial charge is 0.508 e. The van der Waals surface area contributed by atoms with E-state index in [0.29, 0.717) is 11.3 Å². The number of nitrogens with zero attached hydrogens (tertiary/aromatic N) is 1. The lowest BCUT2D eigenvalue weighted by Crippen LogP contribution is -2.05. The predicted octanol–water partition coefficient (Wildman–Crippen LogP) is 1.93. The molecule has 19 heavy (non-hydrogen) atoms. The average Bonchev–Trinajstić information content (AvgIpc) is 2.81. The minimum Gasteiger partial charge on any atom is -0.508 e. The Bertz CT molecular complexity index is 751. The number of nitrogens with two attached hydrogens (primary N) is 1. The molecular formula is C13H12N4O2. The summed E-state index contributed by atoms with van der Waals surface area (Å²) in [5.41, 5.74) is 5.30. The van der Waals surface area contributed by atoms with E-state index < -0.39 is 0 Å². The fourth-order valence-corrected chi connectivity index (χ4v) is 2.03. The van der Waals surface area contributed by atoms with Crippen molar-refractivity contribution in [1.29, 1.82) is 0 Å². The van der Waals surface area contributed by atoms with E-state index in [0.717, 1.165) is 16.6 Å². The third kappa shape index (κ3) is 1.84. The molecule has 0 amide bonds. The van der Waals surface area contributed by atoms with Gasteiger partial charge in [-0.05, 0) is 30.3 Å². The number of nitrogens with one attached hydrogen (secondary N) is 2. The zero-order chi connectivity index (χ0) is 13.4. The number of aromatic nitrogens is 2. The molecule has 1 heterocycles. The first-order chi connectivity index (χ1) is 9.19. The smallest absolute Gasteiger partial charge is 0.128 e. The second-order valence-corrected chi connectivity index (χ2v) is 4.18. The van der Waals surface area contributed by atoms with Crippen LogP contribution in [0.15, 0.2) is 36.4 Å². The molecule has 0 bridgehead atoms. The lowest BCUT2D eigenvalue weighted by molar-refractivity contribution is 0.452. The van der Waals surface area contributed by atoms with Crippen molar-refractivity contribution in [1.82, 2.24) is 10.2 Å². The summed E-state index contributed by atoms with van der Waals surface area (Å²) in [5, 5.41) is 27.1. The van der Waals surface area contributed by atoms with Crippen molar-refractivity contribution in [2.45, 2.75) is 0 Å². The summed E-state index contributed by atoms with van der Waals surface area (Å²) in [6, 6.07) is 9.91. The Morgan fingerprint density at radius 1 is 1.11 bits per heavy atom. The number of fused-ring (bicyclic) bond motifs is 1. The fourth-order valence-electron chi connectivity index (χ4n) is 2.03. The molecule has 0 aliphatic carbocycles. The Labute approximate surface area is 108 Å². The third-order valence-corrected chi connectivity index (χ3v) is 2.97. The summed E-state index contributed by atoms with van der Waals surface area (Å²) in [4.78, 5) is 0. The Kier molecular flexibility index (Phi) is 2.50. The van der Waals surface area contributed by atoms with E-state index in [9.17, 15) is 10.2 Å². The van der Waals surface area contributed by atoms with Gasteiger partial charge in [0.1, 0.15) is 17.2 Å². The number of hydrogen-bond acceptors (Lipinski definition) is 5. The number of phenols is 2. The van der Waals surface area contributed by atoms with Gasteiger partial charge in [0.15, 0.2) is 0 Å². The average molecular weight is 256 g/mol. The highest BCUT2D eigenvalue weighted by Gasteiger charge is 2.12. The third-order valence-electron chi connectivity index (χ3n) is 2.97. The van der Waals surface area contributed by atoms with E-state index in [1.807, 2.05) is 18.2 Å². The highest BCUT2D eigenvalue weighted by atomic mass is 16.3. The van der Waals surface area contributed by atoms with Crippen LogP contribution in [-0.4, -0.2) is 20.4 Å². The van der Waals surface area contributed by atoms with E-state index in [1.54, 1.807) is 6.07 Å². The summed E-state index contributed by atoms with van der Waals surface area (Å²) < 4.78 is 0. The van der Waals surface area contributed by atoms with E-state index >= 15 is 0 Å². The lowest BCUT2D eigenvalue weighted by atomic mass is 10.1. The Morgan fingerprint density at radius 2 is 1.95 bits per heavy atom. The predicted molar refractivity (Wildman–Crippen MR) is 72.7 cm³/mol. The maximum atomic E-state index is 9.88. The van der Waals surface area contributed by atoms with Gasteiger partial charge in [-0.2, -0.15) is 5.10 Å². The van der Waals surface area contributed by atoms with E-state index in [2.05, 4.69) is 15.6 Å². The number of aromatic amines is 1. The molecule has 2 aromatic carbocycles. The van der Waals surface area contributed by atoms with Crippen molar-refractivity contribution in [2.75, 3.05) is 5.43 Å². The Balaban J connectivity index is 2.20. The first-order valence-electron chi connectivity index (χ1n) is 5.66. The summed E-state index contributed by atoms with van der Waals surface area (Å²) >= 11 is 0. The van der Waals surface area contributed by atoms with E-state index in [1.165, 1.54) is 12.1 Å². The maximum absolute atomic E-state index is 9.88. The Morgan fingerprint density at radius 3 is 2.68 bits per heavy atom. The minimum atomic E-state index is -0.0190. The number of phenolic OH excluding ortho intramolecular Hbond substituents is 2. The van der Waals surface area contributed by atoms with E-state index in [-0.39, 0.29) is 11.5 Å². The number of rotatable bonds is 2. The van der Waals surface area contributed by atoms with Gasteiger partial charge in [0.25, 0.3) is 0 Å². The van der Waals surface area contributed by atoms with Crippen LogP contribution in [0.2, 0.25) is 0 Å². The number of anilines is 1. The van der Waals surface area contributed by atoms with Crippen LogP contribution in [-0.2, 0) is 0 Å². The van der Waals surface area contributed by atoms with Crippen LogP contribution in [0, 0.1) is 0 Å². The van der Waals surface area contributed by atoms with Gasteiger partial charge in [-0.25, -0.2) is 0 Å². The zero-order valence-corrected chi connectivity index (χ0v) is 9.88. The van der Waals surface area contributed by atoms with Crippen molar-refractivity contribution in [3.8, 4) is 22.8 Å². The van der Waals surface area contributed by atoms with Gasteiger partial charge in [0, 0.05) is 17.0 Å². The van der Waals surface area contributed by atoms with Gasteiger partial charge < -0.3 is 15.6 Å². The summed E-state index contributed by atoms with van der Waals surface area (Å²) in [5.74, 6) is 5.34. The van der Waals surface area contributed by atoms with Crippen LogP contribution in [0.25, 0.3) is 22.2 Å². The van der Waals surface area contributed by atoms with Crippen molar-refractivity contribution < 1.29 is 10.2 Å². The second kappa shape index (κ2) is 4.18. The highest BCUT2D eigenvalue weighted by Crippen LogP contribution is 2.35. The number of hydrazine groups is 1. The minimum absolute atomic E-state index is 0.00992. The Hall–Kier alpha value is -2.73. The van der Waals surface area contributed by atoms with Crippen LogP contribution < -0.4 is 11.3 Å². The van der Waals surface area contributed by atoms with Crippen molar-refractivity contribution in [2.24, 2.45) is 5.84 Å². The summed E-state index contributed by atoms with van der Waals surface area (Å²) in [6.45, 7) is 0. The molecule has 0 aliphatic heterocycles. The first-order valence-corrected chi connectivity index (χ1v) is 5.66. The highest BCUT2D eigenvalue weighted by molar-refractivity contribution is 5.95. The molecule has 0 radical (unpaired) electrons. The SMILES string of the molecule is NNc1ccc2c(-c3ccc(O)cc3O)n[nH]c2c1. The maximum Gasteiger partial charge on any atom is 0.128 e. The molecule has 6 N–H and O–H groups in total. The molecule has 6 heteroatoms. The standard InChI is InChI=1S/C13H12N4O2/c14-15-7-1-3-9-11(5-7)16-17-13(9)10-4-2-8(18)6-12(10)19/h1-6,15,18-19H,14H2,(H,16,17). The lowest BCUT2D eigenvalue weighted by Gasteiger charge is -2.03. The molecule has 0 fully saturated rings. The van der Waals surface area contributed by atoms with Gasteiger partial charge in [0.05, 0.1) is 11.2 Å². The molecule has 0 unspecified atom stereocenters. The molecule has 3 rings (SSSR count). The summed E-state index contributed by atoms with van der Waals surface area (Å²) in [6.07, 6.45) is 0. The van der Waals surface area contributed by atoms with Crippen molar-refractivity contribution in [3.63, 3.8) is 0 Å². The van der Waals surface area contributed by atoms with Gasteiger partial charge in [-0.3, -0.25) is 10.9 Å². The number of aromatic hydroxyl groups is 2. The number of benzene rings is 2. The first kappa shape index (κ1) is 11.4. The molecule has 0 atom stereocenters.